The van der Waals surface area contributed by atoms with Crippen molar-refractivity contribution in [2.75, 3.05) is 18.9 Å². The second-order valence-electron chi connectivity index (χ2n) is 5.38. The standard InChI is InChI=1S/C17H19N5O/c1-18-16-12-20-11-14(21-16)15-3-2-10-22(15)17(23)5-4-13-6-8-19-9-7-13/h4-9,11-12,15H,2-3,10H2,1H3,(H,18,21)/b5-4+. The van der Waals surface area contributed by atoms with E-state index < -0.39 is 0 Å². The maximum atomic E-state index is 12.5. The molecule has 0 bridgehead atoms. The first-order chi connectivity index (χ1) is 11.3. The summed E-state index contributed by atoms with van der Waals surface area (Å²) in [4.78, 5) is 27.1. The number of carbonyl (C=O) groups is 1. The van der Waals surface area contributed by atoms with Crippen molar-refractivity contribution in [2.45, 2.75) is 18.9 Å². The van der Waals surface area contributed by atoms with Gasteiger partial charge in [0, 0.05) is 32.1 Å². The Hall–Kier alpha value is -2.76. The molecule has 2 aromatic heterocycles. The smallest absolute Gasteiger partial charge is 0.247 e. The molecule has 6 heteroatoms. The summed E-state index contributed by atoms with van der Waals surface area (Å²) in [5.41, 5.74) is 1.79. The van der Waals surface area contributed by atoms with Gasteiger partial charge in [-0.1, -0.05) is 0 Å². The molecule has 1 N–H and O–H groups in total. The molecule has 0 aliphatic carbocycles. The number of rotatable bonds is 4. The molecule has 3 rings (SSSR count). The largest absolute Gasteiger partial charge is 0.372 e. The molecule has 1 aliphatic rings. The van der Waals surface area contributed by atoms with E-state index in [4.69, 9.17) is 0 Å². The first-order valence-corrected chi connectivity index (χ1v) is 7.66. The predicted molar refractivity (Wildman–Crippen MR) is 88.5 cm³/mol. The molecule has 6 nitrogen and oxygen atoms in total. The van der Waals surface area contributed by atoms with Crippen molar-refractivity contribution in [1.82, 2.24) is 19.9 Å². The molecule has 0 spiro atoms. The predicted octanol–water partition coefficient (Wildman–Crippen LogP) is 2.29. The van der Waals surface area contributed by atoms with Gasteiger partial charge in [0.15, 0.2) is 0 Å². The van der Waals surface area contributed by atoms with Crippen molar-refractivity contribution in [2.24, 2.45) is 0 Å². The van der Waals surface area contributed by atoms with E-state index in [1.807, 2.05) is 30.2 Å². The zero-order chi connectivity index (χ0) is 16.1. The van der Waals surface area contributed by atoms with Crippen LogP contribution < -0.4 is 5.32 Å². The molecule has 118 valence electrons. The second-order valence-corrected chi connectivity index (χ2v) is 5.38. The van der Waals surface area contributed by atoms with E-state index in [0.717, 1.165) is 30.6 Å². The quantitative estimate of drug-likeness (QED) is 0.877. The lowest BCUT2D eigenvalue weighted by molar-refractivity contribution is -0.126. The summed E-state index contributed by atoms with van der Waals surface area (Å²) in [6.07, 6.45) is 12.2. The van der Waals surface area contributed by atoms with Gasteiger partial charge in [-0.2, -0.15) is 0 Å². The Morgan fingerprint density at radius 1 is 1.30 bits per heavy atom. The summed E-state index contributed by atoms with van der Waals surface area (Å²) >= 11 is 0. The molecule has 0 saturated carbocycles. The molecule has 1 fully saturated rings. The van der Waals surface area contributed by atoms with Crippen molar-refractivity contribution >= 4 is 17.8 Å². The Morgan fingerprint density at radius 2 is 2.13 bits per heavy atom. The lowest BCUT2D eigenvalue weighted by atomic mass is 10.1. The lowest BCUT2D eigenvalue weighted by Gasteiger charge is -2.23. The average molecular weight is 309 g/mol. The lowest BCUT2D eigenvalue weighted by Crippen LogP contribution is -2.29. The van der Waals surface area contributed by atoms with Gasteiger partial charge in [-0.05, 0) is 36.6 Å². The number of aromatic nitrogens is 3. The van der Waals surface area contributed by atoms with Crippen LogP contribution in [0, 0.1) is 0 Å². The number of nitrogens with one attached hydrogen (secondary N) is 1. The van der Waals surface area contributed by atoms with Crippen LogP contribution in [0.25, 0.3) is 6.08 Å². The van der Waals surface area contributed by atoms with E-state index in [9.17, 15) is 4.79 Å². The third kappa shape index (κ3) is 3.53. The third-order valence-electron chi connectivity index (χ3n) is 3.91. The Kier molecular flexibility index (Phi) is 4.61. The van der Waals surface area contributed by atoms with Crippen molar-refractivity contribution in [3.8, 4) is 0 Å². The zero-order valence-corrected chi connectivity index (χ0v) is 13.0. The van der Waals surface area contributed by atoms with Gasteiger partial charge < -0.3 is 10.2 Å². The van der Waals surface area contributed by atoms with E-state index in [1.54, 1.807) is 30.9 Å². The summed E-state index contributed by atoms with van der Waals surface area (Å²) in [7, 11) is 1.81. The van der Waals surface area contributed by atoms with E-state index >= 15 is 0 Å². The number of likely N-dealkylation sites (tertiary alicyclic amines) is 1. The average Bonchev–Trinajstić information content (AvgIpc) is 3.10. The van der Waals surface area contributed by atoms with Gasteiger partial charge >= 0.3 is 0 Å². The Bertz CT molecular complexity index is 701. The number of nitrogens with zero attached hydrogens (tertiary/aromatic N) is 4. The Morgan fingerprint density at radius 3 is 2.91 bits per heavy atom. The molecule has 23 heavy (non-hydrogen) atoms. The topological polar surface area (TPSA) is 71.0 Å². The van der Waals surface area contributed by atoms with E-state index in [0.29, 0.717) is 5.82 Å². The second kappa shape index (κ2) is 7.00. The van der Waals surface area contributed by atoms with Crippen LogP contribution in [0.5, 0.6) is 0 Å². The highest BCUT2D eigenvalue weighted by molar-refractivity contribution is 5.92. The SMILES string of the molecule is CNc1cncc(C2CCCN2C(=O)/C=C/c2ccncc2)n1. The minimum Gasteiger partial charge on any atom is -0.372 e. The highest BCUT2D eigenvalue weighted by Gasteiger charge is 2.30. The third-order valence-corrected chi connectivity index (χ3v) is 3.91. The highest BCUT2D eigenvalue weighted by atomic mass is 16.2. The normalized spacial score (nSPS) is 17.6. The highest BCUT2D eigenvalue weighted by Crippen LogP contribution is 2.31. The monoisotopic (exact) mass is 309 g/mol. The molecule has 1 aliphatic heterocycles. The fraction of sp³-hybridized carbons (Fsp3) is 0.294. The molecule has 1 unspecified atom stereocenters. The number of hydrogen-bond donors (Lipinski definition) is 1. The summed E-state index contributed by atoms with van der Waals surface area (Å²) in [6, 6.07) is 3.73. The van der Waals surface area contributed by atoms with Crippen LogP contribution in [0.1, 0.15) is 30.1 Å². The molecule has 2 aromatic rings. The van der Waals surface area contributed by atoms with Gasteiger partial charge in [0.25, 0.3) is 0 Å². The van der Waals surface area contributed by atoms with Crippen LogP contribution >= 0.6 is 0 Å². The molecule has 1 saturated heterocycles. The van der Waals surface area contributed by atoms with Crippen LogP contribution in [0.3, 0.4) is 0 Å². The first kappa shape index (κ1) is 15.1. The molecule has 3 heterocycles. The maximum Gasteiger partial charge on any atom is 0.247 e. The first-order valence-electron chi connectivity index (χ1n) is 7.66. The fourth-order valence-electron chi connectivity index (χ4n) is 2.74. The minimum atomic E-state index is -0.00890. The fourth-order valence-corrected chi connectivity index (χ4v) is 2.74. The molecule has 0 radical (unpaired) electrons. The number of carbonyl (C=O) groups excluding carboxylic acids is 1. The van der Waals surface area contributed by atoms with Gasteiger partial charge in [0.2, 0.25) is 5.91 Å². The summed E-state index contributed by atoms with van der Waals surface area (Å²) < 4.78 is 0. The number of hydrogen-bond acceptors (Lipinski definition) is 5. The van der Waals surface area contributed by atoms with Crippen molar-refractivity contribution in [3.05, 3.63) is 54.3 Å². The van der Waals surface area contributed by atoms with Gasteiger partial charge in [-0.15, -0.1) is 0 Å². The minimum absolute atomic E-state index is 0.000901. The van der Waals surface area contributed by atoms with Gasteiger partial charge in [-0.3, -0.25) is 14.8 Å². The van der Waals surface area contributed by atoms with Gasteiger partial charge in [0.1, 0.15) is 5.82 Å². The summed E-state index contributed by atoms with van der Waals surface area (Å²) in [6.45, 7) is 0.746. The van der Waals surface area contributed by atoms with Gasteiger partial charge in [0.05, 0.1) is 24.1 Å². The van der Waals surface area contributed by atoms with Crippen LogP contribution in [-0.2, 0) is 4.79 Å². The zero-order valence-electron chi connectivity index (χ0n) is 13.0. The van der Waals surface area contributed by atoms with Crippen molar-refractivity contribution < 1.29 is 4.79 Å². The van der Waals surface area contributed by atoms with Crippen molar-refractivity contribution in [1.29, 1.82) is 0 Å². The number of pyridine rings is 1. The Balaban J connectivity index is 1.75. The van der Waals surface area contributed by atoms with Crippen molar-refractivity contribution in [3.63, 3.8) is 0 Å². The van der Waals surface area contributed by atoms with E-state index in [2.05, 4.69) is 20.3 Å². The Labute approximate surface area is 135 Å². The summed E-state index contributed by atoms with van der Waals surface area (Å²) in [5.74, 6) is 0.718. The van der Waals surface area contributed by atoms with E-state index in [1.165, 1.54) is 0 Å². The molecular formula is C17H19N5O. The number of amides is 1. The molecular weight excluding hydrogens is 290 g/mol. The summed E-state index contributed by atoms with van der Waals surface area (Å²) in [5, 5.41) is 2.98. The number of anilines is 1. The van der Waals surface area contributed by atoms with Crippen LogP contribution in [-0.4, -0.2) is 39.4 Å². The van der Waals surface area contributed by atoms with E-state index in [-0.39, 0.29) is 11.9 Å². The van der Waals surface area contributed by atoms with Crippen LogP contribution in [0.15, 0.2) is 43.0 Å². The molecule has 1 amide bonds. The van der Waals surface area contributed by atoms with Gasteiger partial charge in [-0.25, -0.2) is 4.98 Å². The molecule has 0 aromatic carbocycles. The van der Waals surface area contributed by atoms with Crippen LogP contribution in [0.4, 0.5) is 5.82 Å². The molecule has 1 atom stereocenters. The maximum absolute atomic E-state index is 12.5. The van der Waals surface area contributed by atoms with Crippen LogP contribution in [0.2, 0.25) is 0 Å².